The van der Waals surface area contributed by atoms with E-state index in [0.29, 0.717) is 17.0 Å². The minimum atomic E-state index is -3.70. The molecule has 0 aliphatic carbocycles. The molecule has 0 fully saturated rings. The van der Waals surface area contributed by atoms with Crippen molar-refractivity contribution in [2.75, 3.05) is 11.8 Å². The molecule has 2 N–H and O–H groups in total. The topological polar surface area (TPSA) is 97.4 Å². The summed E-state index contributed by atoms with van der Waals surface area (Å²) in [6.07, 6.45) is 2.41. The molecule has 0 radical (unpaired) electrons. The lowest BCUT2D eigenvalue weighted by atomic mass is 10.2. The monoisotopic (exact) mass is 471 g/mol. The van der Waals surface area contributed by atoms with Crippen LogP contribution in [0.1, 0.15) is 30.6 Å². The zero-order valence-corrected chi connectivity index (χ0v) is 19.7. The molecule has 1 unspecified atom stereocenters. The van der Waals surface area contributed by atoms with Gasteiger partial charge in [-0.05, 0) is 74.0 Å². The molecule has 1 aromatic heterocycles. The van der Waals surface area contributed by atoms with E-state index in [9.17, 15) is 13.2 Å². The van der Waals surface area contributed by atoms with Gasteiger partial charge < -0.3 is 10.1 Å². The Bertz CT molecular complexity index is 1150. The molecular weight excluding hydrogens is 446 g/mol. The van der Waals surface area contributed by atoms with Gasteiger partial charge in [-0.25, -0.2) is 13.4 Å². The van der Waals surface area contributed by atoms with Crippen LogP contribution in [0.15, 0.2) is 81.7 Å². The number of benzene rings is 2. The number of rotatable bonds is 9. The Hall–Kier alpha value is -3.04. The Morgan fingerprint density at radius 1 is 1.06 bits per heavy atom. The predicted molar refractivity (Wildman–Crippen MR) is 126 cm³/mol. The van der Waals surface area contributed by atoms with E-state index in [0.717, 1.165) is 16.3 Å². The molecule has 1 amide bonds. The van der Waals surface area contributed by atoms with Gasteiger partial charge in [0.1, 0.15) is 10.8 Å². The van der Waals surface area contributed by atoms with Crippen LogP contribution in [0.2, 0.25) is 0 Å². The van der Waals surface area contributed by atoms with Crippen LogP contribution in [-0.4, -0.2) is 32.5 Å². The van der Waals surface area contributed by atoms with Gasteiger partial charge in [-0.2, -0.15) is 0 Å². The maximum atomic E-state index is 12.6. The fourth-order valence-corrected chi connectivity index (χ4v) is 4.48. The Morgan fingerprint density at radius 3 is 2.31 bits per heavy atom. The van der Waals surface area contributed by atoms with Gasteiger partial charge in [0.05, 0.1) is 17.6 Å². The van der Waals surface area contributed by atoms with Crippen molar-refractivity contribution >= 4 is 33.4 Å². The highest BCUT2D eigenvalue weighted by Crippen LogP contribution is 2.28. The van der Waals surface area contributed by atoms with Gasteiger partial charge in [0.25, 0.3) is 15.9 Å². The van der Waals surface area contributed by atoms with Crippen molar-refractivity contribution < 1.29 is 17.9 Å². The lowest BCUT2D eigenvalue weighted by Gasteiger charge is -2.11. The molecule has 0 aliphatic rings. The Morgan fingerprint density at radius 2 is 1.75 bits per heavy atom. The van der Waals surface area contributed by atoms with E-state index < -0.39 is 10.0 Å². The highest BCUT2D eigenvalue weighted by Gasteiger charge is 2.14. The summed E-state index contributed by atoms with van der Waals surface area (Å²) >= 11 is 1.42. The van der Waals surface area contributed by atoms with Crippen LogP contribution in [0.25, 0.3) is 0 Å². The number of ether oxygens (including phenoxy) is 1. The summed E-state index contributed by atoms with van der Waals surface area (Å²) in [5.41, 5.74) is 0.966. The third kappa shape index (κ3) is 6.24. The molecular formula is C23H25N3O4S2. The third-order valence-corrected chi connectivity index (χ3v) is 7.04. The van der Waals surface area contributed by atoms with E-state index in [1.807, 2.05) is 26.0 Å². The van der Waals surface area contributed by atoms with E-state index in [2.05, 4.69) is 15.0 Å². The van der Waals surface area contributed by atoms with Crippen LogP contribution in [-0.2, 0) is 10.0 Å². The first-order valence-corrected chi connectivity index (χ1v) is 12.3. The number of hydrogen-bond donors (Lipinski definition) is 2. The minimum absolute atomic E-state index is 0.109. The van der Waals surface area contributed by atoms with Crippen molar-refractivity contribution in [2.45, 2.75) is 41.1 Å². The third-order valence-electron chi connectivity index (χ3n) is 4.69. The van der Waals surface area contributed by atoms with Gasteiger partial charge in [0.2, 0.25) is 0 Å². The first-order valence-electron chi connectivity index (χ1n) is 10.0. The van der Waals surface area contributed by atoms with Gasteiger partial charge in [-0.1, -0.05) is 18.7 Å². The predicted octanol–water partition coefficient (Wildman–Crippen LogP) is 4.57. The van der Waals surface area contributed by atoms with Crippen LogP contribution in [0.5, 0.6) is 5.75 Å². The lowest BCUT2D eigenvalue weighted by molar-refractivity contribution is 0.0938. The first kappa shape index (κ1) is 23.6. The van der Waals surface area contributed by atoms with Crippen molar-refractivity contribution in [3.63, 3.8) is 0 Å². The number of carbonyl (C=O) groups excluding carboxylic acids is 1. The molecule has 0 aliphatic heterocycles. The first-order chi connectivity index (χ1) is 15.3. The van der Waals surface area contributed by atoms with Crippen molar-refractivity contribution in [3.05, 3.63) is 72.4 Å². The maximum Gasteiger partial charge on any atom is 0.261 e. The average molecular weight is 472 g/mol. The fraction of sp³-hybridized carbons (Fsp3) is 0.217. The van der Waals surface area contributed by atoms with Gasteiger partial charge >= 0.3 is 0 Å². The Labute approximate surface area is 192 Å². The summed E-state index contributed by atoms with van der Waals surface area (Å²) in [4.78, 5) is 17.5. The number of pyridine rings is 1. The molecule has 2 aromatic carbocycles. The van der Waals surface area contributed by atoms with E-state index in [-0.39, 0.29) is 16.8 Å². The van der Waals surface area contributed by atoms with Gasteiger partial charge in [-0.3, -0.25) is 9.52 Å². The summed E-state index contributed by atoms with van der Waals surface area (Å²) in [6, 6.07) is 16.8. The highest BCUT2D eigenvalue weighted by atomic mass is 32.2. The summed E-state index contributed by atoms with van der Waals surface area (Å²) in [7, 11) is -2.17. The molecule has 0 saturated carbocycles. The second kappa shape index (κ2) is 10.5. The molecule has 9 heteroatoms. The SMILES string of the molecule is CCC(C)NC(=O)c1ccc(Sc2ccc(NS(=O)(=O)c3ccc(OC)cc3)cc2)nc1. The molecule has 168 valence electrons. The van der Waals surface area contributed by atoms with E-state index in [4.69, 9.17) is 4.74 Å². The van der Waals surface area contributed by atoms with Gasteiger partial charge in [0, 0.05) is 22.8 Å². The van der Waals surface area contributed by atoms with Crippen LogP contribution < -0.4 is 14.8 Å². The molecule has 32 heavy (non-hydrogen) atoms. The second-order valence-corrected chi connectivity index (χ2v) is 9.85. The van der Waals surface area contributed by atoms with Crippen molar-refractivity contribution in [3.8, 4) is 5.75 Å². The van der Waals surface area contributed by atoms with Crippen LogP contribution in [0.3, 0.4) is 0 Å². The largest absolute Gasteiger partial charge is 0.497 e. The quantitative estimate of drug-likeness (QED) is 0.474. The van der Waals surface area contributed by atoms with Gasteiger partial charge in [0.15, 0.2) is 0 Å². The number of carbonyl (C=O) groups is 1. The minimum Gasteiger partial charge on any atom is -0.497 e. The lowest BCUT2D eigenvalue weighted by Crippen LogP contribution is -2.31. The summed E-state index contributed by atoms with van der Waals surface area (Å²) < 4.78 is 32.7. The summed E-state index contributed by atoms with van der Waals surface area (Å²) in [5.74, 6) is 0.444. The smallest absolute Gasteiger partial charge is 0.261 e. The van der Waals surface area contributed by atoms with Crippen LogP contribution in [0, 0.1) is 0 Å². The molecule has 0 bridgehead atoms. The van der Waals surface area contributed by atoms with Gasteiger partial charge in [-0.15, -0.1) is 0 Å². The average Bonchev–Trinajstić information content (AvgIpc) is 2.80. The van der Waals surface area contributed by atoms with Crippen LogP contribution >= 0.6 is 11.8 Å². The zero-order chi connectivity index (χ0) is 23.1. The molecule has 3 rings (SSSR count). The number of sulfonamides is 1. The normalized spacial score (nSPS) is 12.1. The second-order valence-electron chi connectivity index (χ2n) is 7.08. The Kier molecular flexibility index (Phi) is 7.76. The van der Waals surface area contributed by atoms with Crippen molar-refractivity contribution in [2.24, 2.45) is 0 Å². The number of amides is 1. The molecule has 0 spiro atoms. The number of aromatic nitrogens is 1. The highest BCUT2D eigenvalue weighted by molar-refractivity contribution is 7.99. The molecule has 1 heterocycles. The van der Waals surface area contributed by atoms with E-state index in [1.54, 1.807) is 42.6 Å². The number of nitrogens with one attached hydrogen (secondary N) is 2. The number of hydrogen-bond acceptors (Lipinski definition) is 6. The molecule has 0 saturated heterocycles. The summed E-state index contributed by atoms with van der Waals surface area (Å²) in [6.45, 7) is 3.97. The van der Waals surface area contributed by atoms with E-state index >= 15 is 0 Å². The standard InChI is InChI=1S/C23H25N3O4S2/c1-4-16(2)25-23(27)17-5-14-22(24-15-17)31-20-10-6-18(7-11-20)26-32(28,29)21-12-8-19(30-3)9-13-21/h5-16,26H,4H2,1-3H3,(H,25,27). The number of nitrogens with zero attached hydrogens (tertiary/aromatic N) is 1. The fourth-order valence-electron chi connectivity index (χ4n) is 2.66. The number of anilines is 1. The van der Waals surface area contributed by atoms with E-state index in [1.165, 1.54) is 31.0 Å². The molecule has 3 aromatic rings. The molecule has 1 atom stereocenters. The number of methoxy groups -OCH3 is 1. The zero-order valence-electron chi connectivity index (χ0n) is 18.0. The van der Waals surface area contributed by atoms with Crippen LogP contribution in [0.4, 0.5) is 5.69 Å². The summed E-state index contributed by atoms with van der Waals surface area (Å²) in [5, 5.41) is 3.64. The van der Waals surface area contributed by atoms with Crippen molar-refractivity contribution in [1.29, 1.82) is 0 Å². The molecule has 7 nitrogen and oxygen atoms in total. The Balaban J connectivity index is 1.62. The van der Waals surface area contributed by atoms with Crippen molar-refractivity contribution in [1.82, 2.24) is 10.3 Å². The maximum absolute atomic E-state index is 12.6.